The number of aryl methyl sites for hydroxylation is 2. The second kappa shape index (κ2) is 6.18. The lowest BCUT2D eigenvalue weighted by atomic mass is 10.1. The summed E-state index contributed by atoms with van der Waals surface area (Å²) in [6.45, 7) is 12.5. The highest BCUT2D eigenvalue weighted by Gasteiger charge is 2.27. The molecule has 1 N–H and O–H groups in total. The zero-order chi connectivity index (χ0) is 13.1. The maximum Gasteiger partial charge on any atom is 0.0303 e. The zero-order valence-corrected chi connectivity index (χ0v) is 12.9. The Labute approximate surface area is 115 Å². The van der Waals surface area contributed by atoms with Crippen LogP contribution in [0.3, 0.4) is 0 Å². The first-order valence-corrected chi connectivity index (χ1v) is 7.97. The number of hydrogen-bond donors (Lipinski definition) is 1. The maximum absolute atomic E-state index is 3.67. The molecule has 102 valence electrons. The monoisotopic (exact) mass is 266 g/mol. The van der Waals surface area contributed by atoms with Gasteiger partial charge in [-0.05, 0) is 51.8 Å². The van der Waals surface area contributed by atoms with Gasteiger partial charge < -0.3 is 5.32 Å². The van der Waals surface area contributed by atoms with Crippen LogP contribution in [0.15, 0.2) is 6.07 Å². The summed E-state index contributed by atoms with van der Waals surface area (Å²) in [7, 11) is 0. The summed E-state index contributed by atoms with van der Waals surface area (Å²) >= 11 is 1.91. The fourth-order valence-corrected chi connectivity index (χ4v) is 3.68. The molecule has 0 amide bonds. The molecule has 2 rings (SSSR count). The minimum atomic E-state index is 0.479. The topological polar surface area (TPSA) is 15.3 Å². The Hall–Kier alpha value is -0.380. The first kappa shape index (κ1) is 14.0. The van der Waals surface area contributed by atoms with Crippen LogP contribution >= 0.6 is 11.3 Å². The third-order valence-corrected chi connectivity index (χ3v) is 4.85. The molecular formula is C15H26N2S. The molecule has 1 aliphatic carbocycles. The molecule has 0 saturated heterocycles. The van der Waals surface area contributed by atoms with Crippen molar-refractivity contribution in [1.82, 2.24) is 10.2 Å². The highest BCUT2D eigenvalue weighted by molar-refractivity contribution is 7.12. The van der Waals surface area contributed by atoms with Gasteiger partial charge in [0.2, 0.25) is 0 Å². The van der Waals surface area contributed by atoms with Gasteiger partial charge in [-0.2, -0.15) is 0 Å². The van der Waals surface area contributed by atoms with Gasteiger partial charge in [0.15, 0.2) is 0 Å². The Balaban J connectivity index is 1.77. The van der Waals surface area contributed by atoms with Crippen LogP contribution in [0, 0.1) is 13.8 Å². The van der Waals surface area contributed by atoms with Crippen LogP contribution in [0.25, 0.3) is 0 Å². The van der Waals surface area contributed by atoms with E-state index >= 15 is 0 Å². The van der Waals surface area contributed by atoms with Crippen LogP contribution in [0.1, 0.15) is 48.0 Å². The SMILES string of the molecule is CCN(CCNC(C)c1cc(C)sc1C)C1CC1. The number of hydrogen-bond acceptors (Lipinski definition) is 3. The standard InChI is InChI=1S/C15H26N2S/c1-5-17(14-6-7-14)9-8-16-12(3)15-10-11(2)18-13(15)4/h10,12,14,16H,5-9H2,1-4H3. The summed E-state index contributed by atoms with van der Waals surface area (Å²) in [5, 5.41) is 3.67. The van der Waals surface area contributed by atoms with Gasteiger partial charge in [0.1, 0.15) is 0 Å². The number of likely N-dealkylation sites (N-methyl/N-ethyl adjacent to an activating group) is 1. The van der Waals surface area contributed by atoms with Gasteiger partial charge >= 0.3 is 0 Å². The van der Waals surface area contributed by atoms with Crippen LogP contribution in [0.4, 0.5) is 0 Å². The summed E-state index contributed by atoms with van der Waals surface area (Å²) < 4.78 is 0. The van der Waals surface area contributed by atoms with Crippen LogP contribution in [-0.4, -0.2) is 30.6 Å². The third kappa shape index (κ3) is 3.56. The van der Waals surface area contributed by atoms with Crippen molar-refractivity contribution in [3.8, 4) is 0 Å². The second-order valence-corrected chi connectivity index (χ2v) is 6.86. The summed E-state index contributed by atoms with van der Waals surface area (Å²) in [6, 6.07) is 3.70. The molecular weight excluding hydrogens is 240 g/mol. The number of nitrogens with one attached hydrogen (secondary N) is 1. The van der Waals surface area contributed by atoms with E-state index in [9.17, 15) is 0 Å². The predicted molar refractivity (Wildman–Crippen MR) is 80.5 cm³/mol. The highest BCUT2D eigenvalue weighted by atomic mass is 32.1. The van der Waals surface area contributed by atoms with Crippen molar-refractivity contribution in [3.63, 3.8) is 0 Å². The molecule has 18 heavy (non-hydrogen) atoms. The molecule has 1 fully saturated rings. The number of nitrogens with zero attached hydrogens (tertiary/aromatic N) is 1. The molecule has 1 aliphatic rings. The summed E-state index contributed by atoms with van der Waals surface area (Å²) in [6.07, 6.45) is 2.82. The predicted octanol–water partition coefficient (Wildman–Crippen LogP) is 3.50. The number of rotatable bonds is 7. The van der Waals surface area contributed by atoms with Crippen molar-refractivity contribution < 1.29 is 0 Å². The van der Waals surface area contributed by atoms with E-state index in [1.807, 2.05) is 11.3 Å². The van der Waals surface area contributed by atoms with E-state index in [1.54, 1.807) is 0 Å². The Bertz CT molecular complexity index is 382. The van der Waals surface area contributed by atoms with Crippen LogP contribution < -0.4 is 5.32 Å². The lowest BCUT2D eigenvalue weighted by Crippen LogP contribution is -2.34. The van der Waals surface area contributed by atoms with Gasteiger partial charge in [-0.25, -0.2) is 0 Å². The van der Waals surface area contributed by atoms with Gasteiger partial charge in [-0.3, -0.25) is 4.90 Å². The van der Waals surface area contributed by atoms with Crippen molar-refractivity contribution >= 4 is 11.3 Å². The Kier molecular flexibility index (Phi) is 4.82. The fraction of sp³-hybridized carbons (Fsp3) is 0.733. The van der Waals surface area contributed by atoms with E-state index in [0.29, 0.717) is 6.04 Å². The average molecular weight is 266 g/mol. The third-order valence-electron chi connectivity index (χ3n) is 3.86. The van der Waals surface area contributed by atoms with Gasteiger partial charge in [0.05, 0.1) is 0 Å². The van der Waals surface area contributed by atoms with Crippen LogP contribution in [0.5, 0.6) is 0 Å². The number of thiophene rings is 1. The molecule has 1 unspecified atom stereocenters. The molecule has 0 aromatic carbocycles. The average Bonchev–Trinajstić information content (AvgIpc) is 3.10. The highest BCUT2D eigenvalue weighted by Crippen LogP contribution is 2.27. The van der Waals surface area contributed by atoms with Gasteiger partial charge in [-0.15, -0.1) is 11.3 Å². The summed E-state index contributed by atoms with van der Waals surface area (Å²) in [5.74, 6) is 0. The fourth-order valence-electron chi connectivity index (χ4n) is 2.65. The lowest BCUT2D eigenvalue weighted by molar-refractivity contribution is 0.273. The molecule has 0 aliphatic heterocycles. The molecule has 2 nitrogen and oxygen atoms in total. The normalized spacial score (nSPS) is 17.4. The molecule has 0 bridgehead atoms. The largest absolute Gasteiger partial charge is 0.309 e. The molecule has 1 atom stereocenters. The van der Waals surface area contributed by atoms with Crippen molar-refractivity contribution in [3.05, 3.63) is 21.4 Å². The Morgan fingerprint density at radius 2 is 2.17 bits per heavy atom. The van der Waals surface area contributed by atoms with E-state index < -0.39 is 0 Å². The van der Waals surface area contributed by atoms with Crippen LogP contribution in [0.2, 0.25) is 0 Å². The summed E-state index contributed by atoms with van der Waals surface area (Å²) in [4.78, 5) is 5.48. The van der Waals surface area contributed by atoms with Crippen molar-refractivity contribution in [2.75, 3.05) is 19.6 Å². The van der Waals surface area contributed by atoms with Gasteiger partial charge in [0.25, 0.3) is 0 Å². The van der Waals surface area contributed by atoms with E-state index in [4.69, 9.17) is 0 Å². The van der Waals surface area contributed by atoms with E-state index in [0.717, 1.165) is 12.6 Å². The Morgan fingerprint density at radius 3 is 2.67 bits per heavy atom. The van der Waals surface area contributed by atoms with E-state index in [-0.39, 0.29) is 0 Å². The zero-order valence-electron chi connectivity index (χ0n) is 12.1. The quantitative estimate of drug-likeness (QED) is 0.812. The first-order valence-electron chi connectivity index (χ1n) is 7.16. The van der Waals surface area contributed by atoms with Crippen molar-refractivity contribution in [1.29, 1.82) is 0 Å². The summed E-state index contributed by atoms with van der Waals surface area (Å²) in [5.41, 5.74) is 1.48. The Morgan fingerprint density at radius 1 is 1.44 bits per heavy atom. The molecule has 3 heteroatoms. The van der Waals surface area contributed by atoms with Crippen molar-refractivity contribution in [2.24, 2.45) is 0 Å². The molecule has 1 saturated carbocycles. The van der Waals surface area contributed by atoms with E-state index in [1.165, 1.54) is 41.2 Å². The first-order chi connectivity index (χ1) is 8.61. The molecule has 1 heterocycles. The molecule has 1 aromatic rings. The molecule has 0 spiro atoms. The second-order valence-electron chi connectivity index (χ2n) is 5.40. The van der Waals surface area contributed by atoms with Crippen molar-refractivity contribution in [2.45, 2.75) is 52.6 Å². The minimum absolute atomic E-state index is 0.479. The molecule has 1 aromatic heterocycles. The maximum atomic E-state index is 3.67. The lowest BCUT2D eigenvalue weighted by Gasteiger charge is -2.21. The van der Waals surface area contributed by atoms with E-state index in [2.05, 4.69) is 44.0 Å². The van der Waals surface area contributed by atoms with Crippen LogP contribution in [-0.2, 0) is 0 Å². The van der Waals surface area contributed by atoms with Gasteiger partial charge in [-0.1, -0.05) is 6.92 Å². The minimum Gasteiger partial charge on any atom is -0.309 e. The van der Waals surface area contributed by atoms with Gasteiger partial charge in [0, 0.05) is 34.9 Å². The smallest absolute Gasteiger partial charge is 0.0303 e. The molecule has 0 radical (unpaired) electrons.